The number of para-hydroxylation sites is 1. The van der Waals surface area contributed by atoms with Crippen molar-refractivity contribution in [3.8, 4) is 5.75 Å². The van der Waals surface area contributed by atoms with Crippen LogP contribution < -0.4 is 15.0 Å². The monoisotopic (exact) mass is 559 g/mol. The Morgan fingerprint density at radius 2 is 1.88 bits per heavy atom. The van der Waals surface area contributed by atoms with Crippen LogP contribution in [-0.4, -0.2) is 52.5 Å². The Bertz CT molecular complexity index is 1350. The van der Waals surface area contributed by atoms with Gasteiger partial charge in [0.15, 0.2) is 0 Å². The van der Waals surface area contributed by atoms with Crippen LogP contribution in [0.1, 0.15) is 53.4 Å². The van der Waals surface area contributed by atoms with Gasteiger partial charge in [-0.05, 0) is 48.2 Å². The van der Waals surface area contributed by atoms with E-state index in [1.807, 2.05) is 48.7 Å². The summed E-state index contributed by atoms with van der Waals surface area (Å²) in [5, 5.41) is 21.7. The van der Waals surface area contributed by atoms with E-state index in [1.165, 1.54) is 4.90 Å². The highest BCUT2D eigenvalue weighted by Crippen LogP contribution is 2.40. The van der Waals surface area contributed by atoms with Gasteiger partial charge in [0.25, 0.3) is 5.91 Å². The van der Waals surface area contributed by atoms with Crippen molar-refractivity contribution in [2.24, 2.45) is 0 Å². The highest BCUT2D eigenvalue weighted by molar-refractivity contribution is 6.06. The Morgan fingerprint density at radius 1 is 1.15 bits per heavy atom. The van der Waals surface area contributed by atoms with Gasteiger partial charge in [-0.3, -0.25) is 9.59 Å². The number of amides is 1. The van der Waals surface area contributed by atoms with Crippen LogP contribution in [0.5, 0.6) is 5.75 Å². The molecule has 1 saturated heterocycles. The zero-order valence-electron chi connectivity index (χ0n) is 22.2. The predicted octanol–water partition coefficient (Wildman–Crippen LogP) is 5.16. The summed E-state index contributed by atoms with van der Waals surface area (Å²) in [4.78, 5) is 26.4. The molecule has 1 aliphatic rings. The Hall–Kier alpha value is -3.99. The maximum atomic E-state index is 14.2. The van der Waals surface area contributed by atoms with E-state index in [0.29, 0.717) is 31.0 Å². The van der Waals surface area contributed by atoms with Gasteiger partial charge in [-0.1, -0.05) is 32.0 Å². The van der Waals surface area contributed by atoms with Crippen LogP contribution in [0.25, 0.3) is 0 Å². The smallest absolute Gasteiger partial charge is 0.418 e. The third kappa shape index (κ3) is 6.77. The lowest BCUT2D eigenvalue weighted by Gasteiger charge is -2.25. The second-order valence-corrected chi connectivity index (χ2v) is 10.1. The molecule has 1 amide bonds. The van der Waals surface area contributed by atoms with Gasteiger partial charge in [-0.2, -0.15) is 13.2 Å². The van der Waals surface area contributed by atoms with E-state index >= 15 is 0 Å². The Labute approximate surface area is 230 Å². The van der Waals surface area contributed by atoms with Crippen LogP contribution in [-0.2, 0) is 23.9 Å². The molecule has 0 aliphatic carbocycles. The van der Waals surface area contributed by atoms with Crippen molar-refractivity contribution in [2.45, 2.75) is 51.4 Å². The zero-order valence-corrected chi connectivity index (χ0v) is 22.2. The summed E-state index contributed by atoms with van der Waals surface area (Å²) in [5.41, 5.74) is -0.563. The van der Waals surface area contributed by atoms with Gasteiger partial charge < -0.3 is 29.7 Å². The Kier molecular flexibility index (Phi) is 8.73. The number of carbonyl (C=O) groups excluding carboxylic acids is 1. The third-order valence-electron chi connectivity index (χ3n) is 6.76. The minimum absolute atomic E-state index is 0.0803. The van der Waals surface area contributed by atoms with Gasteiger partial charge in [-0.15, -0.1) is 0 Å². The number of aromatic nitrogens is 1. The number of β-amino-alcohol motifs (C(OH)–C–C–N with tert-alkyl or cyclic N) is 1. The zero-order chi connectivity index (χ0) is 29.0. The first-order chi connectivity index (χ1) is 18.9. The van der Waals surface area contributed by atoms with E-state index in [-0.39, 0.29) is 35.8 Å². The second kappa shape index (κ2) is 12.0. The highest BCUT2D eigenvalue weighted by Gasteiger charge is 2.37. The highest BCUT2D eigenvalue weighted by atomic mass is 19.4. The first-order valence-corrected chi connectivity index (χ1v) is 13.0. The van der Waals surface area contributed by atoms with Gasteiger partial charge in [0.2, 0.25) is 0 Å². The fourth-order valence-corrected chi connectivity index (χ4v) is 5.01. The maximum absolute atomic E-state index is 14.2. The van der Waals surface area contributed by atoms with Crippen molar-refractivity contribution >= 4 is 23.3 Å². The molecule has 1 aliphatic heterocycles. The second-order valence-electron chi connectivity index (χ2n) is 10.1. The molecule has 11 heteroatoms. The van der Waals surface area contributed by atoms with Crippen LogP contribution in [0, 0.1) is 0 Å². The summed E-state index contributed by atoms with van der Waals surface area (Å²) >= 11 is 0. The average molecular weight is 560 g/mol. The quantitative estimate of drug-likeness (QED) is 0.317. The maximum Gasteiger partial charge on any atom is 0.418 e. The lowest BCUT2D eigenvalue weighted by atomic mass is 10.0. The molecule has 214 valence electrons. The number of alkyl halides is 3. The molecule has 1 atom stereocenters. The van der Waals surface area contributed by atoms with E-state index in [9.17, 15) is 33.0 Å². The number of halogens is 3. The molecule has 4 rings (SSSR count). The normalized spacial score (nSPS) is 15.5. The summed E-state index contributed by atoms with van der Waals surface area (Å²) in [7, 11) is 0. The molecule has 3 N–H and O–H groups in total. The van der Waals surface area contributed by atoms with Crippen LogP contribution in [0.3, 0.4) is 0 Å². The number of aliphatic hydroxyl groups is 1. The third-order valence-corrected chi connectivity index (χ3v) is 6.76. The van der Waals surface area contributed by atoms with Crippen molar-refractivity contribution in [3.05, 3.63) is 77.1 Å². The molecular formula is C29H32F3N3O5. The minimum Gasteiger partial charge on any atom is -0.492 e. The fourth-order valence-electron chi connectivity index (χ4n) is 5.01. The number of aliphatic hydroxyl groups excluding tert-OH is 1. The van der Waals surface area contributed by atoms with E-state index in [2.05, 4.69) is 5.32 Å². The van der Waals surface area contributed by atoms with Crippen molar-refractivity contribution in [2.75, 3.05) is 29.9 Å². The lowest BCUT2D eigenvalue weighted by molar-refractivity contribution is -0.137. The molecule has 0 spiro atoms. The first kappa shape index (κ1) is 29.0. The number of hydrogen-bond acceptors (Lipinski definition) is 5. The molecule has 8 nitrogen and oxygen atoms in total. The number of carboxylic acid groups (broad SMARTS) is 1. The summed E-state index contributed by atoms with van der Waals surface area (Å²) in [6.07, 6.45) is -4.03. The number of rotatable bonds is 10. The van der Waals surface area contributed by atoms with Gasteiger partial charge in [0, 0.05) is 30.7 Å². The molecule has 3 aromatic rings. The van der Waals surface area contributed by atoms with E-state index in [1.54, 1.807) is 12.3 Å². The molecule has 2 aromatic carbocycles. The molecule has 1 fully saturated rings. The predicted molar refractivity (Wildman–Crippen MR) is 144 cm³/mol. The Balaban J connectivity index is 1.63. The number of benzene rings is 2. The standard InChI is InChI=1S/C29H32F3N3O5/c1-18(2)27-22(9-11-34(27)12-13-40-21-6-4-3-5-7-21)28(39)33-24-14-19(15-26(37)38)25(16-23(24)29(30,31)32)35-10-8-20(36)17-35/h3-7,9,11,14,16,18,20,36H,8,10,12-13,15,17H2,1-2H3,(H,33,39)(H,37,38)/t20-/m1/s1. The first-order valence-electron chi connectivity index (χ1n) is 13.0. The van der Waals surface area contributed by atoms with Crippen LogP contribution >= 0.6 is 0 Å². The summed E-state index contributed by atoms with van der Waals surface area (Å²) in [6.45, 7) is 4.88. The van der Waals surface area contributed by atoms with Crippen LogP contribution in [0.4, 0.5) is 24.5 Å². The van der Waals surface area contributed by atoms with Crippen molar-refractivity contribution in [3.63, 3.8) is 0 Å². The van der Waals surface area contributed by atoms with Crippen molar-refractivity contribution in [1.29, 1.82) is 0 Å². The summed E-state index contributed by atoms with van der Waals surface area (Å²) in [6, 6.07) is 12.7. The Morgan fingerprint density at radius 3 is 2.48 bits per heavy atom. The van der Waals surface area contributed by atoms with E-state index in [0.717, 1.165) is 12.1 Å². The van der Waals surface area contributed by atoms with Gasteiger partial charge in [-0.25, -0.2) is 0 Å². The molecule has 0 unspecified atom stereocenters. The average Bonchev–Trinajstić information content (AvgIpc) is 3.50. The van der Waals surface area contributed by atoms with Crippen molar-refractivity contribution in [1.82, 2.24) is 4.57 Å². The van der Waals surface area contributed by atoms with Crippen molar-refractivity contribution < 1.29 is 37.7 Å². The number of aliphatic carboxylic acids is 1. The molecule has 0 radical (unpaired) electrons. The minimum atomic E-state index is -4.82. The number of hydrogen-bond donors (Lipinski definition) is 3. The molecule has 40 heavy (non-hydrogen) atoms. The van der Waals surface area contributed by atoms with Gasteiger partial charge in [0.05, 0.1) is 35.9 Å². The number of nitrogens with one attached hydrogen (secondary N) is 1. The van der Waals surface area contributed by atoms with Crippen LogP contribution in [0.15, 0.2) is 54.7 Å². The SMILES string of the molecule is CC(C)c1c(C(=O)Nc2cc(CC(=O)O)c(N3CC[C@@H](O)C3)cc2C(F)(F)F)ccn1CCOc1ccccc1. The van der Waals surface area contributed by atoms with Crippen LogP contribution in [0.2, 0.25) is 0 Å². The van der Waals surface area contributed by atoms with E-state index in [4.69, 9.17) is 4.74 Å². The molecule has 1 aromatic heterocycles. The number of ether oxygens (including phenoxy) is 1. The van der Waals surface area contributed by atoms with Gasteiger partial charge in [0.1, 0.15) is 12.4 Å². The molecule has 2 heterocycles. The molecule has 0 bridgehead atoms. The van der Waals surface area contributed by atoms with E-state index < -0.39 is 41.8 Å². The van der Waals surface area contributed by atoms with Gasteiger partial charge >= 0.3 is 12.1 Å². The topological polar surface area (TPSA) is 104 Å². The number of carboxylic acids is 1. The molecular weight excluding hydrogens is 527 g/mol. The number of nitrogens with zero attached hydrogens (tertiary/aromatic N) is 2. The summed E-state index contributed by atoms with van der Waals surface area (Å²) < 4.78 is 50.1. The largest absolute Gasteiger partial charge is 0.492 e. The molecule has 0 saturated carbocycles. The fraction of sp³-hybridized carbons (Fsp3) is 0.379. The lowest BCUT2D eigenvalue weighted by Crippen LogP contribution is -2.25. The number of carbonyl (C=O) groups is 2. The number of anilines is 2. The summed E-state index contributed by atoms with van der Waals surface area (Å²) in [5.74, 6) is -1.39.